The lowest BCUT2D eigenvalue weighted by molar-refractivity contribution is 0.0602. The predicted molar refractivity (Wildman–Crippen MR) is 42.4 cm³/mol. The summed E-state index contributed by atoms with van der Waals surface area (Å²) >= 11 is -1.79. The van der Waals surface area contributed by atoms with E-state index in [0.717, 1.165) is 12.8 Å². The van der Waals surface area contributed by atoms with Gasteiger partial charge in [-0.1, -0.05) is 0 Å². The number of ether oxygens (including phenoxy) is 1. The van der Waals surface area contributed by atoms with Gasteiger partial charge in [-0.15, -0.1) is 0 Å². The predicted octanol–water partition coefficient (Wildman–Crippen LogP) is 0.234. The van der Waals surface area contributed by atoms with Crippen molar-refractivity contribution in [2.45, 2.75) is 18.9 Å². The van der Waals surface area contributed by atoms with E-state index in [9.17, 15) is 4.21 Å². The zero-order chi connectivity index (χ0) is 8.27. The van der Waals surface area contributed by atoms with Gasteiger partial charge in [0.1, 0.15) is 0 Å². The molecule has 1 N–H and O–H groups in total. The van der Waals surface area contributed by atoms with E-state index in [-0.39, 0.29) is 6.10 Å². The Morgan fingerprint density at radius 1 is 1.55 bits per heavy atom. The lowest BCUT2D eigenvalue weighted by atomic mass is 10.1. The molecular formula is C6H13NO3S. The molecule has 0 aliphatic carbocycles. The minimum Gasteiger partial charge on any atom is -0.381 e. The van der Waals surface area contributed by atoms with Gasteiger partial charge < -0.3 is 4.74 Å². The summed E-state index contributed by atoms with van der Waals surface area (Å²) in [5.74, 6) is 0. The second-order valence-corrected chi connectivity index (χ2v) is 3.57. The van der Waals surface area contributed by atoms with Crippen molar-refractivity contribution in [3.05, 3.63) is 0 Å². The first kappa shape index (κ1) is 9.12. The number of rotatable bonds is 2. The molecule has 0 spiro atoms. The second kappa shape index (κ2) is 4.15. The van der Waals surface area contributed by atoms with Gasteiger partial charge in [-0.3, -0.25) is 4.55 Å². The summed E-state index contributed by atoms with van der Waals surface area (Å²) in [4.78, 5) is 0. The van der Waals surface area contributed by atoms with Gasteiger partial charge in [0, 0.05) is 20.2 Å². The van der Waals surface area contributed by atoms with E-state index in [0.29, 0.717) is 13.1 Å². The van der Waals surface area contributed by atoms with Crippen molar-refractivity contribution in [3.63, 3.8) is 0 Å². The Morgan fingerprint density at radius 2 is 2.09 bits per heavy atom. The Balaban J connectivity index is 2.30. The van der Waals surface area contributed by atoms with Gasteiger partial charge in [0.15, 0.2) is 0 Å². The van der Waals surface area contributed by atoms with Gasteiger partial charge in [-0.05, 0) is 12.8 Å². The fourth-order valence-electron chi connectivity index (χ4n) is 1.22. The molecule has 0 aromatic heterocycles. The van der Waals surface area contributed by atoms with Gasteiger partial charge in [-0.2, -0.15) is 0 Å². The highest BCUT2D eigenvalue weighted by atomic mass is 32.2. The van der Waals surface area contributed by atoms with Crippen LogP contribution in [-0.2, 0) is 16.0 Å². The lowest BCUT2D eigenvalue weighted by Crippen LogP contribution is -2.37. The molecule has 0 saturated carbocycles. The SMILES string of the molecule is COC1CCN(S(=O)O)CC1. The highest BCUT2D eigenvalue weighted by molar-refractivity contribution is 7.76. The van der Waals surface area contributed by atoms with Crippen molar-refractivity contribution in [1.82, 2.24) is 4.31 Å². The van der Waals surface area contributed by atoms with Crippen molar-refractivity contribution >= 4 is 11.3 Å². The monoisotopic (exact) mass is 179 g/mol. The minimum atomic E-state index is -1.79. The molecule has 5 heteroatoms. The van der Waals surface area contributed by atoms with Gasteiger partial charge >= 0.3 is 0 Å². The molecule has 0 radical (unpaired) electrons. The molecule has 0 aromatic rings. The van der Waals surface area contributed by atoms with Crippen LogP contribution >= 0.6 is 0 Å². The van der Waals surface area contributed by atoms with Crippen molar-refractivity contribution in [3.8, 4) is 0 Å². The molecule has 1 unspecified atom stereocenters. The number of methoxy groups -OCH3 is 1. The van der Waals surface area contributed by atoms with Crippen LogP contribution in [0.4, 0.5) is 0 Å². The Hall–Kier alpha value is 0.0300. The topological polar surface area (TPSA) is 49.8 Å². The van der Waals surface area contributed by atoms with Crippen LogP contribution in [0.3, 0.4) is 0 Å². The normalized spacial score (nSPS) is 25.3. The van der Waals surface area contributed by atoms with Crippen molar-refractivity contribution < 1.29 is 13.5 Å². The average molecular weight is 179 g/mol. The molecule has 0 aromatic carbocycles. The molecule has 1 fully saturated rings. The second-order valence-electron chi connectivity index (χ2n) is 2.59. The molecule has 1 atom stereocenters. The number of nitrogens with zero attached hydrogens (tertiary/aromatic N) is 1. The van der Waals surface area contributed by atoms with Crippen LogP contribution in [0.5, 0.6) is 0 Å². The molecule has 1 saturated heterocycles. The maximum absolute atomic E-state index is 10.5. The van der Waals surface area contributed by atoms with E-state index in [4.69, 9.17) is 9.29 Å². The molecule has 0 bridgehead atoms. The smallest absolute Gasteiger partial charge is 0.234 e. The summed E-state index contributed by atoms with van der Waals surface area (Å²) in [6.45, 7) is 1.31. The van der Waals surface area contributed by atoms with E-state index >= 15 is 0 Å². The molecule has 1 heterocycles. The van der Waals surface area contributed by atoms with E-state index in [1.807, 2.05) is 0 Å². The molecule has 11 heavy (non-hydrogen) atoms. The first-order valence-corrected chi connectivity index (χ1v) is 4.69. The fourth-order valence-corrected chi connectivity index (χ4v) is 1.75. The highest BCUT2D eigenvalue weighted by Crippen LogP contribution is 2.13. The Labute approximate surface area is 68.9 Å². The Bertz CT molecular complexity index is 145. The third-order valence-corrected chi connectivity index (χ3v) is 2.76. The number of hydrogen-bond donors (Lipinski definition) is 1. The lowest BCUT2D eigenvalue weighted by Gasteiger charge is -2.27. The summed E-state index contributed by atoms with van der Waals surface area (Å²) < 4.78 is 25.9. The van der Waals surface area contributed by atoms with E-state index in [2.05, 4.69) is 0 Å². The summed E-state index contributed by atoms with van der Waals surface area (Å²) in [5, 5.41) is 0. The van der Waals surface area contributed by atoms with Crippen LogP contribution in [-0.4, -0.2) is 39.4 Å². The molecule has 66 valence electrons. The highest BCUT2D eigenvalue weighted by Gasteiger charge is 2.21. The van der Waals surface area contributed by atoms with Crippen molar-refractivity contribution in [1.29, 1.82) is 0 Å². The standard InChI is InChI=1S/C6H13NO3S/c1-10-6-2-4-7(5-3-6)11(8)9/h6H,2-5H2,1H3,(H,8,9). The van der Waals surface area contributed by atoms with Crippen LogP contribution in [0.1, 0.15) is 12.8 Å². The third kappa shape index (κ3) is 2.52. The Morgan fingerprint density at radius 3 is 2.45 bits per heavy atom. The maximum atomic E-state index is 10.5. The Kier molecular flexibility index (Phi) is 3.45. The molecule has 1 aliphatic rings. The van der Waals surface area contributed by atoms with Crippen molar-refractivity contribution in [2.75, 3.05) is 20.2 Å². The van der Waals surface area contributed by atoms with E-state index < -0.39 is 11.3 Å². The summed E-state index contributed by atoms with van der Waals surface area (Å²) in [7, 11) is 1.68. The van der Waals surface area contributed by atoms with Crippen molar-refractivity contribution in [2.24, 2.45) is 0 Å². The third-order valence-electron chi connectivity index (χ3n) is 1.96. The quantitative estimate of drug-likeness (QED) is 0.617. The summed E-state index contributed by atoms with van der Waals surface area (Å²) in [6, 6.07) is 0. The first-order chi connectivity index (χ1) is 5.24. The van der Waals surface area contributed by atoms with Crippen LogP contribution in [0.2, 0.25) is 0 Å². The zero-order valence-electron chi connectivity index (χ0n) is 6.52. The van der Waals surface area contributed by atoms with Crippen LogP contribution in [0.15, 0.2) is 0 Å². The number of piperidine rings is 1. The zero-order valence-corrected chi connectivity index (χ0v) is 7.34. The first-order valence-electron chi connectivity index (χ1n) is 3.62. The molecule has 0 amide bonds. The van der Waals surface area contributed by atoms with Crippen LogP contribution in [0.25, 0.3) is 0 Å². The van der Waals surface area contributed by atoms with E-state index in [1.165, 1.54) is 4.31 Å². The fraction of sp³-hybridized carbons (Fsp3) is 1.00. The molecule has 1 rings (SSSR count). The van der Waals surface area contributed by atoms with Gasteiger partial charge in [-0.25, -0.2) is 8.51 Å². The average Bonchev–Trinajstić information content (AvgIpc) is 2.05. The molecule has 1 aliphatic heterocycles. The van der Waals surface area contributed by atoms with Crippen LogP contribution < -0.4 is 0 Å². The van der Waals surface area contributed by atoms with Crippen LogP contribution in [0, 0.1) is 0 Å². The van der Waals surface area contributed by atoms with Gasteiger partial charge in [0.25, 0.3) is 0 Å². The summed E-state index contributed by atoms with van der Waals surface area (Å²) in [6.07, 6.45) is 1.97. The maximum Gasteiger partial charge on any atom is 0.234 e. The minimum absolute atomic E-state index is 0.273. The number of hydrogen-bond acceptors (Lipinski definition) is 2. The summed E-state index contributed by atoms with van der Waals surface area (Å²) in [5.41, 5.74) is 0. The molecular weight excluding hydrogens is 166 g/mol. The molecule has 4 nitrogen and oxygen atoms in total. The largest absolute Gasteiger partial charge is 0.381 e. The van der Waals surface area contributed by atoms with Gasteiger partial charge in [0.2, 0.25) is 11.3 Å². The van der Waals surface area contributed by atoms with E-state index in [1.54, 1.807) is 7.11 Å². The van der Waals surface area contributed by atoms with Gasteiger partial charge in [0.05, 0.1) is 6.10 Å².